The predicted molar refractivity (Wildman–Crippen MR) is 137 cm³/mol. The number of esters is 1. The Bertz CT molecular complexity index is 1340. The molecule has 0 saturated heterocycles. The van der Waals surface area contributed by atoms with Crippen LogP contribution in [0.5, 0.6) is 0 Å². The minimum atomic E-state index is -4.54. The number of nitrogens with zero attached hydrogens (tertiary/aromatic N) is 2. The van der Waals surface area contributed by atoms with Crippen LogP contribution >= 0.6 is 12.4 Å². The number of hydrogen-bond donors (Lipinski definition) is 2. The maximum Gasteiger partial charge on any atom is 0.416 e. The van der Waals surface area contributed by atoms with E-state index in [9.17, 15) is 36.3 Å². The van der Waals surface area contributed by atoms with E-state index >= 15 is 0 Å². The topological polar surface area (TPSA) is 92.7 Å². The van der Waals surface area contributed by atoms with Gasteiger partial charge in [-0.2, -0.15) is 13.2 Å². The van der Waals surface area contributed by atoms with Crippen molar-refractivity contribution in [1.29, 1.82) is 0 Å². The van der Waals surface area contributed by atoms with Crippen molar-refractivity contribution in [2.75, 3.05) is 31.3 Å². The van der Waals surface area contributed by atoms with Crippen LogP contribution in [0.1, 0.15) is 30.1 Å². The summed E-state index contributed by atoms with van der Waals surface area (Å²) in [5.74, 6) is -3.52. The number of benzene rings is 2. The Morgan fingerprint density at radius 2 is 1.64 bits per heavy atom. The van der Waals surface area contributed by atoms with E-state index in [1.807, 2.05) is 0 Å². The molecule has 2 amide bonds. The molecule has 0 aliphatic rings. The van der Waals surface area contributed by atoms with Crippen molar-refractivity contribution in [2.24, 2.45) is 0 Å². The van der Waals surface area contributed by atoms with Crippen molar-refractivity contribution in [1.82, 2.24) is 9.47 Å². The summed E-state index contributed by atoms with van der Waals surface area (Å²) < 4.78 is 72.3. The van der Waals surface area contributed by atoms with E-state index in [-0.39, 0.29) is 54.1 Å². The summed E-state index contributed by atoms with van der Waals surface area (Å²) in [4.78, 5) is 39.3. The van der Waals surface area contributed by atoms with Crippen LogP contribution in [-0.4, -0.2) is 54.1 Å². The lowest BCUT2D eigenvalue weighted by atomic mass is 10.1. The van der Waals surface area contributed by atoms with Gasteiger partial charge in [0, 0.05) is 29.8 Å². The summed E-state index contributed by atoms with van der Waals surface area (Å²) in [7, 11) is 3.29. The van der Waals surface area contributed by atoms with Gasteiger partial charge in [0.15, 0.2) is 11.6 Å². The molecule has 1 aromatic heterocycles. The van der Waals surface area contributed by atoms with E-state index < -0.39 is 47.3 Å². The van der Waals surface area contributed by atoms with Gasteiger partial charge in [0.25, 0.3) is 0 Å². The van der Waals surface area contributed by atoms with Gasteiger partial charge in [-0.1, -0.05) is 0 Å². The Morgan fingerprint density at radius 3 is 2.21 bits per heavy atom. The smallest absolute Gasteiger partial charge is 0.416 e. The minimum absolute atomic E-state index is 0. The zero-order valence-electron chi connectivity index (χ0n) is 21.1. The molecule has 212 valence electrons. The van der Waals surface area contributed by atoms with Gasteiger partial charge < -0.3 is 15.4 Å². The highest BCUT2D eigenvalue weighted by Gasteiger charge is 2.30. The summed E-state index contributed by atoms with van der Waals surface area (Å²) in [5, 5.41) is 4.75. The fraction of sp³-hybridized carbons (Fsp3) is 0.320. The average molecular weight is 577 g/mol. The van der Waals surface area contributed by atoms with Crippen molar-refractivity contribution in [3.63, 3.8) is 0 Å². The molecule has 0 radical (unpaired) electrons. The Morgan fingerprint density at radius 1 is 1.03 bits per heavy atom. The maximum atomic E-state index is 14.0. The molecule has 0 bridgehead atoms. The molecule has 0 spiro atoms. The molecule has 1 atom stereocenters. The lowest BCUT2D eigenvalue weighted by molar-refractivity contribution is -0.148. The van der Waals surface area contributed by atoms with E-state index in [2.05, 4.69) is 10.6 Å². The number of aromatic nitrogens is 1. The minimum Gasteiger partial charge on any atom is -0.465 e. The van der Waals surface area contributed by atoms with Crippen LogP contribution in [0.2, 0.25) is 0 Å². The zero-order valence-corrected chi connectivity index (χ0v) is 21.9. The van der Waals surface area contributed by atoms with Gasteiger partial charge in [-0.05, 0) is 57.8 Å². The van der Waals surface area contributed by atoms with Gasteiger partial charge in [-0.3, -0.25) is 19.1 Å². The number of urea groups is 1. The van der Waals surface area contributed by atoms with E-state index in [4.69, 9.17) is 4.74 Å². The average Bonchev–Trinajstić information content (AvgIpc) is 3.16. The van der Waals surface area contributed by atoms with Crippen LogP contribution in [0, 0.1) is 11.6 Å². The fourth-order valence-electron chi connectivity index (χ4n) is 3.76. The Labute approximate surface area is 226 Å². The first kappa shape index (κ1) is 31.5. The van der Waals surface area contributed by atoms with Crippen LogP contribution < -0.4 is 10.6 Å². The first-order valence-electron chi connectivity index (χ1n) is 11.4. The van der Waals surface area contributed by atoms with E-state index in [0.29, 0.717) is 0 Å². The van der Waals surface area contributed by atoms with Gasteiger partial charge in [0.1, 0.15) is 6.04 Å². The quantitative estimate of drug-likeness (QED) is 0.257. The van der Waals surface area contributed by atoms with Gasteiger partial charge in [-0.15, -0.1) is 12.4 Å². The lowest BCUT2D eigenvalue weighted by Crippen LogP contribution is -2.37. The zero-order chi connectivity index (χ0) is 28.2. The molecule has 39 heavy (non-hydrogen) atoms. The molecule has 2 aromatic carbocycles. The van der Waals surface area contributed by atoms with Crippen LogP contribution in [-0.2, 0) is 15.7 Å². The number of rotatable bonds is 8. The van der Waals surface area contributed by atoms with Gasteiger partial charge in [0.2, 0.25) is 5.91 Å². The largest absolute Gasteiger partial charge is 0.465 e. The molecule has 3 aromatic rings. The summed E-state index contributed by atoms with van der Waals surface area (Å²) in [6.45, 7) is 1.81. The first-order valence-corrected chi connectivity index (χ1v) is 11.4. The highest BCUT2D eigenvalue weighted by Crippen LogP contribution is 2.31. The number of halogens is 6. The molecule has 0 saturated carbocycles. The maximum absolute atomic E-state index is 14.0. The first-order chi connectivity index (χ1) is 17.8. The Kier molecular flexibility index (Phi) is 10.4. The number of ether oxygens (including phenoxy) is 1. The normalized spacial score (nSPS) is 12.1. The molecule has 1 heterocycles. The molecule has 3 rings (SSSR count). The summed E-state index contributed by atoms with van der Waals surface area (Å²) in [5.41, 5.74) is -0.939. The lowest BCUT2D eigenvalue weighted by Gasteiger charge is -2.22. The third-order valence-corrected chi connectivity index (χ3v) is 5.65. The second kappa shape index (κ2) is 12.9. The third-order valence-electron chi connectivity index (χ3n) is 5.65. The Balaban J connectivity index is 0.00000533. The summed E-state index contributed by atoms with van der Waals surface area (Å²) in [6.07, 6.45) is -3.46. The van der Waals surface area contributed by atoms with Crippen LogP contribution in [0.25, 0.3) is 10.9 Å². The van der Waals surface area contributed by atoms with Crippen molar-refractivity contribution < 1.29 is 41.1 Å². The van der Waals surface area contributed by atoms with Crippen molar-refractivity contribution in [2.45, 2.75) is 32.0 Å². The second-order valence-electron chi connectivity index (χ2n) is 8.51. The molecule has 14 heteroatoms. The van der Waals surface area contributed by atoms with Crippen molar-refractivity contribution in [3.05, 3.63) is 59.8 Å². The standard InChI is InChI=1S/C25H25F5N4O4.ClH/c1-4-38-23(36)20(33(2)3)9-10-22(35)34-13-19(16-11-17(26)18(27)12-21(16)34)32-24(37)31-15-7-5-14(6-8-15)25(28,29)30;/h5-8,11-13,20H,4,9-10H2,1-3H3,(H2,31,32,37);1H. The number of hydrogen-bond acceptors (Lipinski definition) is 5. The highest BCUT2D eigenvalue weighted by atomic mass is 35.5. The number of nitrogens with one attached hydrogen (secondary N) is 2. The van der Waals surface area contributed by atoms with E-state index in [0.717, 1.165) is 41.0 Å². The molecular weight excluding hydrogens is 551 g/mol. The second-order valence-corrected chi connectivity index (χ2v) is 8.51. The monoisotopic (exact) mass is 576 g/mol. The van der Waals surface area contributed by atoms with Crippen molar-refractivity contribution >= 4 is 52.6 Å². The van der Waals surface area contributed by atoms with Crippen LogP contribution in [0.15, 0.2) is 42.6 Å². The van der Waals surface area contributed by atoms with Crippen LogP contribution in [0.4, 0.5) is 38.1 Å². The van der Waals surface area contributed by atoms with E-state index in [1.54, 1.807) is 25.9 Å². The number of amides is 2. The predicted octanol–water partition coefficient (Wildman–Crippen LogP) is 5.92. The van der Waals surface area contributed by atoms with Gasteiger partial charge in [-0.25, -0.2) is 13.6 Å². The number of fused-ring (bicyclic) bond motifs is 1. The number of likely N-dealkylation sites (N-methyl/N-ethyl adjacent to an activating group) is 1. The fourth-order valence-corrected chi connectivity index (χ4v) is 3.76. The molecule has 1 unspecified atom stereocenters. The van der Waals surface area contributed by atoms with Gasteiger partial charge >= 0.3 is 18.2 Å². The number of carbonyl (C=O) groups is 3. The molecule has 0 fully saturated rings. The number of anilines is 2. The van der Waals surface area contributed by atoms with Gasteiger partial charge in [0.05, 0.1) is 23.4 Å². The molecule has 0 aliphatic heterocycles. The third kappa shape index (κ3) is 7.67. The van der Waals surface area contributed by atoms with Crippen molar-refractivity contribution in [3.8, 4) is 0 Å². The van der Waals surface area contributed by atoms with Crippen LogP contribution in [0.3, 0.4) is 0 Å². The molecule has 8 nitrogen and oxygen atoms in total. The van der Waals surface area contributed by atoms with E-state index in [1.165, 1.54) is 6.20 Å². The number of carbonyl (C=O) groups excluding carboxylic acids is 3. The SMILES string of the molecule is CCOC(=O)C(CCC(=O)n1cc(NC(=O)Nc2ccc(C(F)(F)F)cc2)c2cc(F)c(F)cc21)N(C)C.Cl. The Hall–Kier alpha value is -3.71. The molecule has 0 aliphatic carbocycles. The summed E-state index contributed by atoms with van der Waals surface area (Å²) in [6, 6.07) is 3.67. The summed E-state index contributed by atoms with van der Waals surface area (Å²) >= 11 is 0. The molecular formula is C25H26ClF5N4O4. The highest BCUT2D eigenvalue weighted by molar-refractivity contribution is 6.08. The number of alkyl halides is 3. The molecule has 2 N–H and O–H groups in total.